The van der Waals surface area contributed by atoms with Gasteiger partial charge >= 0.3 is 0 Å². The van der Waals surface area contributed by atoms with E-state index in [4.69, 9.17) is 4.52 Å². The van der Waals surface area contributed by atoms with Crippen LogP contribution in [0.2, 0.25) is 0 Å². The van der Waals surface area contributed by atoms with E-state index in [2.05, 4.69) is 12.1 Å². The summed E-state index contributed by atoms with van der Waals surface area (Å²) in [5, 5.41) is 3.88. The van der Waals surface area contributed by atoms with Crippen molar-refractivity contribution >= 4 is 15.9 Å². The van der Waals surface area contributed by atoms with E-state index in [-0.39, 0.29) is 12.3 Å². The Kier molecular flexibility index (Phi) is 6.20. The van der Waals surface area contributed by atoms with Crippen molar-refractivity contribution in [3.8, 4) is 0 Å². The van der Waals surface area contributed by atoms with Crippen molar-refractivity contribution < 1.29 is 17.7 Å². The lowest BCUT2D eigenvalue weighted by atomic mass is 10.1. The average molecular weight is 406 g/mol. The standard InChI is InChI=1S/C20H27N3O4S/c1-4-5-17-6-8-18(9-7-17)28(25,26)23-12-10-22(11-13-23)20(24)14-19-15(2)21-27-16(19)3/h6-9H,4-5,10-14H2,1-3H3. The van der Waals surface area contributed by atoms with Gasteiger partial charge < -0.3 is 9.42 Å². The zero-order chi connectivity index (χ0) is 20.3. The van der Waals surface area contributed by atoms with Gasteiger partial charge in [-0.15, -0.1) is 0 Å². The highest BCUT2D eigenvalue weighted by molar-refractivity contribution is 7.89. The monoisotopic (exact) mass is 405 g/mol. The fourth-order valence-electron chi connectivity index (χ4n) is 3.46. The Morgan fingerprint density at radius 1 is 1.11 bits per heavy atom. The Morgan fingerprint density at radius 2 is 1.75 bits per heavy atom. The first-order chi connectivity index (χ1) is 13.3. The highest BCUT2D eigenvalue weighted by Crippen LogP contribution is 2.20. The topological polar surface area (TPSA) is 83.7 Å². The molecule has 1 aromatic carbocycles. The van der Waals surface area contributed by atoms with Gasteiger partial charge in [0, 0.05) is 31.7 Å². The summed E-state index contributed by atoms with van der Waals surface area (Å²) in [6.45, 7) is 7.06. The molecule has 1 saturated heterocycles. The molecule has 7 nitrogen and oxygen atoms in total. The van der Waals surface area contributed by atoms with E-state index < -0.39 is 10.0 Å². The summed E-state index contributed by atoms with van der Waals surface area (Å²) in [4.78, 5) is 14.6. The van der Waals surface area contributed by atoms with E-state index in [0.717, 1.165) is 29.7 Å². The maximum Gasteiger partial charge on any atom is 0.243 e. The molecule has 2 aromatic rings. The van der Waals surface area contributed by atoms with Crippen LogP contribution < -0.4 is 0 Å². The SMILES string of the molecule is CCCc1ccc(S(=O)(=O)N2CCN(C(=O)Cc3c(C)noc3C)CC2)cc1. The second-order valence-corrected chi connectivity index (χ2v) is 9.10. The van der Waals surface area contributed by atoms with Crippen molar-refractivity contribution in [2.45, 2.75) is 44.9 Å². The summed E-state index contributed by atoms with van der Waals surface area (Å²) in [5.41, 5.74) is 2.67. The highest BCUT2D eigenvalue weighted by Gasteiger charge is 2.30. The largest absolute Gasteiger partial charge is 0.361 e. The number of aryl methyl sites for hydroxylation is 3. The summed E-state index contributed by atoms with van der Waals surface area (Å²) in [7, 11) is -3.54. The fraction of sp³-hybridized carbons (Fsp3) is 0.500. The number of sulfonamides is 1. The summed E-state index contributed by atoms with van der Waals surface area (Å²) in [6, 6.07) is 7.10. The van der Waals surface area contributed by atoms with Crippen molar-refractivity contribution in [3.05, 3.63) is 46.8 Å². The van der Waals surface area contributed by atoms with Gasteiger partial charge in [0.15, 0.2) is 0 Å². The Hall–Kier alpha value is -2.19. The van der Waals surface area contributed by atoms with E-state index in [0.29, 0.717) is 36.8 Å². The first-order valence-electron chi connectivity index (χ1n) is 9.61. The normalized spacial score (nSPS) is 15.8. The number of hydrogen-bond donors (Lipinski definition) is 0. The van der Waals surface area contributed by atoms with Gasteiger partial charge in [-0.1, -0.05) is 30.6 Å². The fourth-order valence-corrected chi connectivity index (χ4v) is 4.88. The Balaban J connectivity index is 1.61. The van der Waals surface area contributed by atoms with E-state index in [1.165, 1.54) is 4.31 Å². The molecule has 1 aliphatic rings. The summed E-state index contributed by atoms with van der Waals surface area (Å²) in [5.74, 6) is 0.619. The molecule has 3 rings (SSSR count). The molecule has 0 unspecified atom stereocenters. The number of rotatable bonds is 6. The van der Waals surface area contributed by atoms with Crippen LogP contribution >= 0.6 is 0 Å². The number of nitrogens with zero attached hydrogens (tertiary/aromatic N) is 3. The van der Waals surface area contributed by atoms with Gasteiger partial charge in [-0.2, -0.15) is 4.31 Å². The van der Waals surface area contributed by atoms with E-state index >= 15 is 0 Å². The summed E-state index contributed by atoms with van der Waals surface area (Å²) >= 11 is 0. The van der Waals surface area contributed by atoms with Gasteiger partial charge in [-0.25, -0.2) is 8.42 Å². The van der Waals surface area contributed by atoms with Gasteiger partial charge in [-0.3, -0.25) is 4.79 Å². The minimum absolute atomic E-state index is 0.0321. The Labute approximate surface area is 166 Å². The molecule has 8 heteroatoms. The van der Waals surface area contributed by atoms with Crippen molar-refractivity contribution in [1.82, 2.24) is 14.4 Å². The third-order valence-electron chi connectivity index (χ3n) is 5.20. The van der Waals surface area contributed by atoms with Gasteiger partial charge in [0.2, 0.25) is 15.9 Å². The van der Waals surface area contributed by atoms with Crippen LogP contribution in [0.15, 0.2) is 33.7 Å². The lowest BCUT2D eigenvalue weighted by Gasteiger charge is -2.34. The molecular weight excluding hydrogens is 378 g/mol. The molecule has 1 aromatic heterocycles. The van der Waals surface area contributed by atoms with Crippen LogP contribution in [0.3, 0.4) is 0 Å². The van der Waals surface area contributed by atoms with Crippen LogP contribution in [0, 0.1) is 13.8 Å². The molecule has 0 radical (unpaired) electrons. The number of carbonyl (C=O) groups is 1. The zero-order valence-electron chi connectivity index (χ0n) is 16.6. The molecule has 0 N–H and O–H groups in total. The third-order valence-corrected chi connectivity index (χ3v) is 7.11. The molecule has 1 fully saturated rings. The predicted molar refractivity (Wildman–Crippen MR) is 105 cm³/mol. The van der Waals surface area contributed by atoms with Gasteiger partial charge in [0.25, 0.3) is 0 Å². The molecule has 0 spiro atoms. The van der Waals surface area contributed by atoms with Gasteiger partial charge in [0.1, 0.15) is 5.76 Å². The molecule has 2 heterocycles. The molecular formula is C20H27N3O4S. The number of amides is 1. The van der Waals surface area contributed by atoms with Crippen molar-refractivity contribution in [1.29, 1.82) is 0 Å². The quantitative estimate of drug-likeness (QED) is 0.736. The summed E-state index contributed by atoms with van der Waals surface area (Å²) < 4.78 is 32.3. The molecule has 0 aliphatic carbocycles. The molecule has 1 aliphatic heterocycles. The van der Waals surface area contributed by atoms with Crippen LogP contribution in [0.1, 0.15) is 35.9 Å². The zero-order valence-corrected chi connectivity index (χ0v) is 17.5. The van der Waals surface area contributed by atoms with Crippen molar-refractivity contribution in [3.63, 3.8) is 0 Å². The lowest BCUT2D eigenvalue weighted by molar-refractivity contribution is -0.131. The lowest BCUT2D eigenvalue weighted by Crippen LogP contribution is -2.50. The third kappa shape index (κ3) is 4.28. The van der Waals surface area contributed by atoms with Crippen LogP contribution in [0.4, 0.5) is 0 Å². The minimum atomic E-state index is -3.54. The van der Waals surface area contributed by atoms with Crippen molar-refractivity contribution in [2.75, 3.05) is 26.2 Å². The molecule has 0 atom stereocenters. The van der Waals surface area contributed by atoms with E-state index in [1.807, 2.05) is 19.1 Å². The van der Waals surface area contributed by atoms with Crippen LogP contribution in [0.25, 0.3) is 0 Å². The average Bonchev–Trinajstić information content (AvgIpc) is 3.01. The second kappa shape index (κ2) is 8.45. The number of piperazine rings is 1. The first kappa shape index (κ1) is 20.5. The number of benzene rings is 1. The highest BCUT2D eigenvalue weighted by atomic mass is 32.2. The minimum Gasteiger partial charge on any atom is -0.361 e. The maximum atomic E-state index is 12.9. The number of carbonyl (C=O) groups excluding carboxylic acids is 1. The molecule has 0 saturated carbocycles. The van der Waals surface area contributed by atoms with Crippen molar-refractivity contribution in [2.24, 2.45) is 0 Å². The van der Waals surface area contributed by atoms with Crippen LogP contribution in [-0.2, 0) is 27.7 Å². The maximum absolute atomic E-state index is 12.9. The predicted octanol–water partition coefficient (Wildman–Crippen LogP) is 2.32. The molecule has 152 valence electrons. The molecule has 1 amide bonds. The second-order valence-electron chi connectivity index (χ2n) is 7.16. The first-order valence-corrected chi connectivity index (χ1v) is 11.1. The molecule has 28 heavy (non-hydrogen) atoms. The smallest absolute Gasteiger partial charge is 0.243 e. The molecule has 0 bridgehead atoms. The van der Waals surface area contributed by atoms with E-state index in [1.54, 1.807) is 24.0 Å². The summed E-state index contributed by atoms with van der Waals surface area (Å²) in [6.07, 6.45) is 2.19. The Bertz CT molecular complexity index is 907. The number of hydrogen-bond acceptors (Lipinski definition) is 5. The van der Waals surface area contributed by atoms with E-state index in [9.17, 15) is 13.2 Å². The van der Waals surface area contributed by atoms with Gasteiger partial charge in [0.05, 0.1) is 17.0 Å². The van der Waals surface area contributed by atoms with Crippen LogP contribution in [-0.4, -0.2) is 54.9 Å². The van der Waals surface area contributed by atoms with Crippen LogP contribution in [0.5, 0.6) is 0 Å². The number of aromatic nitrogens is 1. The van der Waals surface area contributed by atoms with Gasteiger partial charge in [-0.05, 0) is 38.0 Å². The Morgan fingerprint density at radius 3 is 2.29 bits per heavy atom.